The van der Waals surface area contributed by atoms with Crippen molar-refractivity contribution in [3.05, 3.63) is 41.2 Å². The fourth-order valence-electron chi connectivity index (χ4n) is 1.30. The molecule has 0 radical (unpaired) electrons. The third kappa shape index (κ3) is 1.16. The van der Waals surface area contributed by atoms with Gasteiger partial charge in [0.15, 0.2) is 0 Å². The Morgan fingerprint density at radius 1 is 1.33 bits per heavy atom. The number of hydrogen-bond acceptors (Lipinski definition) is 1. The molecule has 1 aromatic heterocycles. The summed E-state index contributed by atoms with van der Waals surface area (Å²) in [4.78, 5) is 4.04. The second kappa shape index (κ2) is 2.76. The van der Waals surface area contributed by atoms with Crippen molar-refractivity contribution in [1.29, 1.82) is 0 Å². The van der Waals surface area contributed by atoms with Crippen LogP contribution in [-0.4, -0.2) is 4.98 Å². The number of nitrogens with zero attached hydrogens (tertiary/aromatic N) is 1. The number of halogens is 1. The molecule has 0 aliphatic carbocycles. The summed E-state index contributed by atoms with van der Waals surface area (Å²) in [5, 5.41) is 2.96. The SMILES string of the molecule is Cc1cc(Cl)c2ccncc2c1. The summed E-state index contributed by atoms with van der Waals surface area (Å²) in [5.74, 6) is 0. The van der Waals surface area contributed by atoms with Gasteiger partial charge in [-0.1, -0.05) is 11.6 Å². The van der Waals surface area contributed by atoms with Crippen LogP contribution in [0.4, 0.5) is 0 Å². The summed E-state index contributed by atoms with van der Waals surface area (Å²) < 4.78 is 0. The van der Waals surface area contributed by atoms with Crippen LogP contribution in [0, 0.1) is 6.92 Å². The van der Waals surface area contributed by atoms with Crippen LogP contribution in [0.25, 0.3) is 10.8 Å². The molecule has 0 N–H and O–H groups in total. The maximum absolute atomic E-state index is 6.03. The molecule has 0 fully saturated rings. The third-order valence-corrected chi connectivity index (χ3v) is 2.16. The Morgan fingerprint density at radius 2 is 2.17 bits per heavy atom. The average Bonchev–Trinajstić information content (AvgIpc) is 2.04. The molecular formula is C10H8ClN. The zero-order chi connectivity index (χ0) is 8.55. The number of pyridine rings is 1. The van der Waals surface area contributed by atoms with Gasteiger partial charge in [-0.25, -0.2) is 0 Å². The van der Waals surface area contributed by atoms with Gasteiger partial charge in [-0.3, -0.25) is 4.98 Å². The van der Waals surface area contributed by atoms with Gasteiger partial charge in [0.2, 0.25) is 0 Å². The van der Waals surface area contributed by atoms with Gasteiger partial charge in [-0.15, -0.1) is 0 Å². The van der Waals surface area contributed by atoms with Crippen molar-refractivity contribution in [2.24, 2.45) is 0 Å². The van der Waals surface area contributed by atoms with Crippen molar-refractivity contribution < 1.29 is 0 Å². The lowest BCUT2D eigenvalue weighted by Gasteiger charge is -2.00. The van der Waals surface area contributed by atoms with Crippen LogP contribution < -0.4 is 0 Å². The Hall–Kier alpha value is -1.08. The Kier molecular flexibility index (Phi) is 1.74. The molecular weight excluding hydrogens is 170 g/mol. The highest BCUT2D eigenvalue weighted by Crippen LogP contribution is 2.23. The second-order valence-corrected chi connectivity index (χ2v) is 3.25. The molecule has 60 valence electrons. The first-order valence-electron chi connectivity index (χ1n) is 3.77. The van der Waals surface area contributed by atoms with Gasteiger partial charge in [0.1, 0.15) is 0 Å². The quantitative estimate of drug-likeness (QED) is 0.602. The van der Waals surface area contributed by atoms with Gasteiger partial charge in [-0.05, 0) is 30.7 Å². The lowest BCUT2D eigenvalue weighted by Crippen LogP contribution is -1.78. The summed E-state index contributed by atoms with van der Waals surface area (Å²) in [6.45, 7) is 2.03. The summed E-state index contributed by atoms with van der Waals surface area (Å²) >= 11 is 6.03. The molecule has 12 heavy (non-hydrogen) atoms. The lowest BCUT2D eigenvalue weighted by molar-refractivity contribution is 1.36. The largest absolute Gasteiger partial charge is 0.264 e. The Balaban J connectivity index is 2.89. The molecule has 2 rings (SSSR count). The maximum atomic E-state index is 6.03. The third-order valence-electron chi connectivity index (χ3n) is 1.85. The normalized spacial score (nSPS) is 10.5. The molecule has 0 amide bonds. The van der Waals surface area contributed by atoms with E-state index in [1.807, 2.05) is 25.3 Å². The number of fused-ring (bicyclic) bond motifs is 1. The van der Waals surface area contributed by atoms with E-state index in [9.17, 15) is 0 Å². The van der Waals surface area contributed by atoms with E-state index >= 15 is 0 Å². The zero-order valence-electron chi connectivity index (χ0n) is 6.71. The molecule has 0 aliphatic heterocycles. The predicted molar refractivity (Wildman–Crippen MR) is 51.5 cm³/mol. The van der Waals surface area contributed by atoms with E-state index in [2.05, 4.69) is 11.1 Å². The molecule has 2 aromatic rings. The van der Waals surface area contributed by atoms with Crippen molar-refractivity contribution >= 4 is 22.4 Å². The summed E-state index contributed by atoms with van der Waals surface area (Å²) in [6.07, 6.45) is 3.58. The van der Waals surface area contributed by atoms with E-state index in [1.165, 1.54) is 5.56 Å². The highest BCUT2D eigenvalue weighted by Gasteiger charge is 1.98. The highest BCUT2D eigenvalue weighted by atomic mass is 35.5. The maximum Gasteiger partial charge on any atom is 0.0488 e. The van der Waals surface area contributed by atoms with Crippen LogP contribution in [0.5, 0.6) is 0 Å². The van der Waals surface area contributed by atoms with Gasteiger partial charge in [0.05, 0.1) is 0 Å². The first-order valence-corrected chi connectivity index (χ1v) is 4.15. The van der Waals surface area contributed by atoms with Crippen LogP contribution in [0.1, 0.15) is 5.56 Å². The van der Waals surface area contributed by atoms with Crippen LogP contribution in [0.2, 0.25) is 5.02 Å². The Bertz CT molecular complexity index is 423. The highest BCUT2D eigenvalue weighted by molar-refractivity contribution is 6.35. The minimum absolute atomic E-state index is 0.799. The number of rotatable bonds is 0. The molecule has 0 atom stereocenters. The second-order valence-electron chi connectivity index (χ2n) is 2.84. The minimum atomic E-state index is 0.799. The average molecular weight is 178 g/mol. The van der Waals surface area contributed by atoms with Crippen molar-refractivity contribution in [3.8, 4) is 0 Å². The molecule has 0 saturated heterocycles. The molecule has 0 unspecified atom stereocenters. The predicted octanol–water partition coefficient (Wildman–Crippen LogP) is 3.20. The van der Waals surface area contributed by atoms with Crippen molar-refractivity contribution in [1.82, 2.24) is 4.98 Å². The standard InChI is InChI=1S/C10H8ClN/c1-7-4-8-6-12-3-2-9(8)10(11)5-7/h2-6H,1H3. The van der Waals surface area contributed by atoms with E-state index in [-0.39, 0.29) is 0 Å². The molecule has 1 heterocycles. The monoisotopic (exact) mass is 177 g/mol. The molecule has 0 spiro atoms. The molecule has 0 saturated carbocycles. The summed E-state index contributed by atoms with van der Waals surface area (Å²) in [5.41, 5.74) is 1.17. The molecule has 2 heteroatoms. The Labute approximate surface area is 76.0 Å². The van der Waals surface area contributed by atoms with Gasteiger partial charge in [0.25, 0.3) is 0 Å². The molecule has 1 nitrogen and oxygen atoms in total. The number of hydrogen-bond donors (Lipinski definition) is 0. The van der Waals surface area contributed by atoms with E-state index < -0.39 is 0 Å². The van der Waals surface area contributed by atoms with Gasteiger partial charge >= 0.3 is 0 Å². The smallest absolute Gasteiger partial charge is 0.0488 e. The van der Waals surface area contributed by atoms with Crippen molar-refractivity contribution in [3.63, 3.8) is 0 Å². The molecule has 1 aromatic carbocycles. The summed E-state index contributed by atoms with van der Waals surface area (Å²) in [6, 6.07) is 5.97. The van der Waals surface area contributed by atoms with Crippen LogP contribution in [0.3, 0.4) is 0 Å². The summed E-state index contributed by atoms with van der Waals surface area (Å²) in [7, 11) is 0. The van der Waals surface area contributed by atoms with E-state index in [0.717, 1.165) is 15.8 Å². The van der Waals surface area contributed by atoms with Gasteiger partial charge in [-0.2, -0.15) is 0 Å². The van der Waals surface area contributed by atoms with Gasteiger partial charge < -0.3 is 0 Å². The van der Waals surface area contributed by atoms with E-state index in [4.69, 9.17) is 11.6 Å². The number of aromatic nitrogens is 1. The van der Waals surface area contributed by atoms with Crippen molar-refractivity contribution in [2.45, 2.75) is 6.92 Å². The van der Waals surface area contributed by atoms with E-state index in [0.29, 0.717) is 0 Å². The van der Waals surface area contributed by atoms with Crippen LogP contribution >= 0.6 is 11.6 Å². The van der Waals surface area contributed by atoms with Crippen LogP contribution in [-0.2, 0) is 0 Å². The van der Waals surface area contributed by atoms with Crippen molar-refractivity contribution in [2.75, 3.05) is 0 Å². The number of aryl methyl sites for hydroxylation is 1. The number of benzene rings is 1. The molecule has 0 aliphatic rings. The topological polar surface area (TPSA) is 12.9 Å². The van der Waals surface area contributed by atoms with Gasteiger partial charge in [0, 0.05) is 28.2 Å². The Morgan fingerprint density at radius 3 is 3.00 bits per heavy atom. The fourth-order valence-corrected chi connectivity index (χ4v) is 1.65. The fraction of sp³-hybridized carbons (Fsp3) is 0.100. The van der Waals surface area contributed by atoms with E-state index in [1.54, 1.807) is 6.20 Å². The first-order chi connectivity index (χ1) is 5.77. The zero-order valence-corrected chi connectivity index (χ0v) is 7.47. The first kappa shape index (κ1) is 7.56. The lowest BCUT2D eigenvalue weighted by atomic mass is 10.1. The van der Waals surface area contributed by atoms with Crippen LogP contribution in [0.15, 0.2) is 30.6 Å². The molecule has 0 bridgehead atoms. The minimum Gasteiger partial charge on any atom is -0.264 e.